The summed E-state index contributed by atoms with van der Waals surface area (Å²) in [6.45, 7) is 2.70. The van der Waals surface area contributed by atoms with Crippen molar-refractivity contribution in [1.29, 1.82) is 0 Å². The number of H-pyrrole nitrogens is 1. The highest BCUT2D eigenvalue weighted by molar-refractivity contribution is 5.18. The van der Waals surface area contributed by atoms with Crippen molar-refractivity contribution in [1.82, 2.24) is 25.1 Å². The molecular weight excluding hydrogens is 254 g/mol. The summed E-state index contributed by atoms with van der Waals surface area (Å²) in [4.78, 5) is 4.41. The molecule has 0 radical (unpaired) electrons. The van der Waals surface area contributed by atoms with Crippen LogP contribution < -0.4 is 5.32 Å². The number of imidazole rings is 1. The third-order valence-corrected chi connectivity index (χ3v) is 3.38. The Bertz CT molecular complexity index is 667. The first kappa shape index (κ1) is 12.7. The largest absolute Gasteiger partial charge is 0.467 e. The highest BCUT2D eigenvalue weighted by Gasteiger charge is 2.20. The molecule has 2 N–H and O–H groups in total. The van der Waals surface area contributed by atoms with Crippen molar-refractivity contribution >= 4 is 0 Å². The Morgan fingerprint density at radius 2 is 2.40 bits per heavy atom. The second-order valence-electron chi connectivity index (χ2n) is 4.75. The zero-order chi connectivity index (χ0) is 13.9. The number of nitrogens with one attached hydrogen (secondary N) is 2. The van der Waals surface area contributed by atoms with Gasteiger partial charge in [-0.15, -0.1) is 0 Å². The van der Waals surface area contributed by atoms with Crippen LogP contribution in [0.3, 0.4) is 0 Å². The van der Waals surface area contributed by atoms with E-state index in [1.54, 1.807) is 12.5 Å². The molecule has 1 atom stereocenters. The summed E-state index contributed by atoms with van der Waals surface area (Å²) in [6.07, 6.45) is 7.22. The van der Waals surface area contributed by atoms with Crippen molar-refractivity contribution in [3.05, 3.63) is 59.8 Å². The quantitative estimate of drug-likeness (QED) is 0.743. The number of aromatic amines is 1. The highest BCUT2D eigenvalue weighted by Crippen LogP contribution is 2.21. The zero-order valence-corrected chi connectivity index (χ0v) is 11.5. The molecule has 0 aliphatic heterocycles. The summed E-state index contributed by atoms with van der Waals surface area (Å²) in [5, 5.41) is 10.4. The first-order valence-corrected chi connectivity index (χ1v) is 6.48. The molecule has 0 aromatic carbocycles. The molecule has 3 heterocycles. The molecule has 6 nitrogen and oxygen atoms in total. The van der Waals surface area contributed by atoms with E-state index in [4.69, 9.17) is 4.42 Å². The maximum atomic E-state index is 5.54. The average molecular weight is 271 g/mol. The predicted octanol–water partition coefficient (Wildman–Crippen LogP) is 1.92. The molecule has 0 spiro atoms. The van der Waals surface area contributed by atoms with Crippen LogP contribution in [-0.2, 0) is 13.6 Å². The lowest BCUT2D eigenvalue weighted by atomic mass is 10.2. The second-order valence-corrected chi connectivity index (χ2v) is 4.75. The molecule has 0 bridgehead atoms. The van der Waals surface area contributed by atoms with Gasteiger partial charge in [-0.25, -0.2) is 4.98 Å². The Morgan fingerprint density at radius 3 is 3.00 bits per heavy atom. The van der Waals surface area contributed by atoms with Gasteiger partial charge in [-0.1, -0.05) is 0 Å². The van der Waals surface area contributed by atoms with Gasteiger partial charge in [-0.05, 0) is 19.1 Å². The molecule has 0 amide bonds. The van der Waals surface area contributed by atoms with E-state index in [1.165, 1.54) is 0 Å². The van der Waals surface area contributed by atoms with Crippen LogP contribution in [0.25, 0.3) is 0 Å². The van der Waals surface area contributed by atoms with Gasteiger partial charge in [0.1, 0.15) is 17.6 Å². The van der Waals surface area contributed by atoms with Gasteiger partial charge < -0.3 is 8.98 Å². The van der Waals surface area contributed by atoms with Crippen LogP contribution in [0.5, 0.6) is 0 Å². The van der Waals surface area contributed by atoms with E-state index < -0.39 is 0 Å². The van der Waals surface area contributed by atoms with Gasteiger partial charge in [0, 0.05) is 37.2 Å². The highest BCUT2D eigenvalue weighted by atomic mass is 16.3. The Labute approximate surface area is 116 Å². The molecular formula is C14H17N5O. The molecule has 0 saturated heterocycles. The van der Waals surface area contributed by atoms with Gasteiger partial charge in [0.2, 0.25) is 0 Å². The van der Waals surface area contributed by atoms with Crippen molar-refractivity contribution < 1.29 is 4.42 Å². The summed E-state index contributed by atoms with van der Waals surface area (Å²) in [6, 6.07) is 3.75. The van der Waals surface area contributed by atoms with Crippen LogP contribution >= 0.6 is 0 Å². The molecule has 0 aliphatic rings. The first-order chi connectivity index (χ1) is 9.75. The predicted molar refractivity (Wildman–Crippen MR) is 73.9 cm³/mol. The molecule has 3 rings (SSSR count). The molecule has 104 valence electrons. The molecule has 3 aromatic rings. The van der Waals surface area contributed by atoms with Crippen LogP contribution in [0.15, 0.2) is 41.4 Å². The number of hydrogen-bond acceptors (Lipinski definition) is 4. The molecule has 1 unspecified atom stereocenters. The van der Waals surface area contributed by atoms with E-state index in [0.29, 0.717) is 6.54 Å². The van der Waals surface area contributed by atoms with Gasteiger partial charge in [0.05, 0.1) is 12.5 Å². The van der Waals surface area contributed by atoms with Crippen LogP contribution in [-0.4, -0.2) is 19.7 Å². The molecule has 20 heavy (non-hydrogen) atoms. The van der Waals surface area contributed by atoms with Gasteiger partial charge in [0.15, 0.2) is 0 Å². The lowest BCUT2D eigenvalue weighted by molar-refractivity contribution is 0.429. The fourth-order valence-electron chi connectivity index (χ4n) is 2.20. The fraction of sp³-hybridized carbons (Fsp3) is 0.286. The van der Waals surface area contributed by atoms with Crippen molar-refractivity contribution in [3.8, 4) is 0 Å². The number of hydrogen-bond donors (Lipinski definition) is 2. The van der Waals surface area contributed by atoms with Gasteiger partial charge >= 0.3 is 0 Å². The Kier molecular flexibility index (Phi) is 3.39. The smallest absolute Gasteiger partial charge is 0.133 e. The number of aryl methyl sites for hydroxylation is 2. The van der Waals surface area contributed by atoms with Crippen LogP contribution in [0.1, 0.15) is 28.9 Å². The van der Waals surface area contributed by atoms with Crippen molar-refractivity contribution in [3.63, 3.8) is 0 Å². The SMILES string of the molecule is Cc1[nH]ncc1CNC(c1ccco1)c1nccn1C. The van der Waals surface area contributed by atoms with Crippen LogP contribution in [0.2, 0.25) is 0 Å². The topological polar surface area (TPSA) is 71.7 Å². The first-order valence-electron chi connectivity index (χ1n) is 6.48. The third kappa shape index (κ3) is 2.37. The van der Waals surface area contributed by atoms with E-state index in [-0.39, 0.29) is 6.04 Å². The molecule has 0 saturated carbocycles. The summed E-state index contributed by atoms with van der Waals surface area (Å²) in [5.74, 6) is 1.77. The fourth-order valence-corrected chi connectivity index (χ4v) is 2.20. The lowest BCUT2D eigenvalue weighted by Gasteiger charge is -2.16. The minimum atomic E-state index is -0.0840. The number of aromatic nitrogens is 4. The van der Waals surface area contributed by atoms with Gasteiger partial charge in [-0.2, -0.15) is 5.10 Å². The van der Waals surface area contributed by atoms with E-state index in [0.717, 1.165) is 22.8 Å². The van der Waals surface area contributed by atoms with Crippen LogP contribution in [0.4, 0.5) is 0 Å². The maximum absolute atomic E-state index is 5.54. The normalized spacial score (nSPS) is 12.7. The maximum Gasteiger partial charge on any atom is 0.133 e. The summed E-state index contributed by atoms with van der Waals surface area (Å²) in [5.41, 5.74) is 2.20. The average Bonchev–Trinajstić information content (AvgIpc) is 3.15. The summed E-state index contributed by atoms with van der Waals surface area (Å²) in [7, 11) is 1.98. The second kappa shape index (κ2) is 5.34. The summed E-state index contributed by atoms with van der Waals surface area (Å²) >= 11 is 0. The number of nitrogens with zero attached hydrogens (tertiary/aromatic N) is 3. The van der Waals surface area contributed by atoms with E-state index in [1.807, 2.05) is 43.1 Å². The Morgan fingerprint density at radius 1 is 1.50 bits per heavy atom. The zero-order valence-electron chi connectivity index (χ0n) is 11.5. The Balaban J connectivity index is 1.84. The molecule has 6 heteroatoms. The monoisotopic (exact) mass is 271 g/mol. The van der Waals surface area contributed by atoms with Gasteiger partial charge in [0.25, 0.3) is 0 Å². The van der Waals surface area contributed by atoms with Gasteiger partial charge in [-0.3, -0.25) is 10.4 Å². The molecule has 0 fully saturated rings. The minimum Gasteiger partial charge on any atom is -0.467 e. The van der Waals surface area contributed by atoms with E-state index in [9.17, 15) is 0 Å². The standard InChI is InChI=1S/C14H17N5O/c1-10-11(9-17-18-10)8-16-13(12-4-3-7-20-12)14-15-5-6-19(14)2/h3-7,9,13,16H,8H2,1-2H3,(H,17,18). The van der Waals surface area contributed by atoms with E-state index in [2.05, 4.69) is 20.5 Å². The Hall–Kier alpha value is -2.34. The van der Waals surface area contributed by atoms with Crippen molar-refractivity contribution in [2.75, 3.05) is 0 Å². The number of rotatable bonds is 5. The van der Waals surface area contributed by atoms with Crippen molar-refractivity contribution in [2.24, 2.45) is 7.05 Å². The third-order valence-electron chi connectivity index (χ3n) is 3.38. The van der Waals surface area contributed by atoms with E-state index >= 15 is 0 Å². The number of furan rings is 1. The molecule has 3 aromatic heterocycles. The molecule has 0 aliphatic carbocycles. The lowest BCUT2D eigenvalue weighted by Crippen LogP contribution is -2.24. The van der Waals surface area contributed by atoms with Crippen LogP contribution in [0, 0.1) is 6.92 Å². The minimum absolute atomic E-state index is 0.0840. The summed E-state index contributed by atoms with van der Waals surface area (Å²) < 4.78 is 7.52. The van der Waals surface area contributed by atoms with Crippen molar-refractivity contribution in [2.45, 2.75) is 19.5 Å².